The maximum absolute atomic E-state index is 5.50. The van der Waals surface area contributed by atoms with E-state index >= 15 is 0 Å². The van der Waals surface area contributed by atoms with Crippen molar-refractivity contribution in [1.29, 1.82) is 0 Å². The smallest absolute Gasteiger partial charge is 0.0842 e. The Balaban J connectivity index is 1.72. The molecule has 0 bridgehead atoms. The Morgan fingerprint density at radius 3 is 2.70 bits per heavy atom. The highest BCUT2D eigenvalue weighted by Gasteiger charge is 2.52. The number of hydrogen-bond acceptors (Lipinski definition) is 2. The maximum Gasteiger partial charge on any atom is 0.0842 e. The summed E-state index contributed by atoms with van der Waals surface area (Å²) >= 11 is 0. The molecule has 56 valence electrons. The first kappa shape index (κ1) is 5.56. The summed E-state index contributed by atoms with van der Waals surface area (Å²) in [6.07, 6.45) is 3.80. The van der Waals surface area contributed by atoms with Crippen molar-refractivity contribution < 1.29 is 9.47 Å². The fourth-order valence-electron chi connectivity index (χ4n) is 2.17. The van der Waals surface area contributed by atoms with Crippen LogP contribution in [-0.2, 0) is 9.47 Å². The number of hydrogen-bond donors (Lipinski definition) is 0. The van der Waals surface area contributed by atoms with Gasteiger partial charge in [0.25, 0.3) is 0 Å². The lowest BCUT2D eigenvalue weighted by Gasteiger charge is -2.19. The summed E-state index contributed by atoms with van der Waals surface area (Å²) in [4.78, 5) is 0. The molecule has 2 aliphatic heterocycles. The molecule has 10 heavy (non-hydrogen) atoms. The van der Waals surface area contributed by atoms with Gasteiger partial charge in [-0.25, -0.2) is 0 Å². The Morgan fingerprint density at radius 2 is 1.90 bits per heavy atom. The normalized spacial score (nSPS) is 57.6. The number of rotatable bonds is 1. The number of ether oxygens (including phenoxy) is 2. The van der Waals surface area contributed by atoms with E-state index in [0.717, 1.165) is 25.0 Å². The number of epoxide rings is 1. The van der Waals surface area contributed by atoms with Crippen molar-refractivity contribution in [1.82, 2.24) is 0 Å². The minimum absolute atomic E-state index is 0.624. The first-order valence-electron chi connectivity index (χ1n) is 4.18. The molecule has 3 rings (SSSR count). The van der Waals surface area contributed by atoms with Crippen LogP contribution >= 0.6 is 0 Å². The van der Waals surface area contributed by atoms with Gasteiger partial charge in [-0.15, -0.1) is 0 Å². The molecule has 0 radical (unpaired) electrons. The van der Waals surface area contributed by atoms with Crippen LogP contribution in [0.15, 0.2) is 0 Å². The summed E-state index contributed by atoms with van der Waals surface area (Å²) in [5.74, 6) is 1.74. The molecule has 0 aromatic carbocycles. The predicted molar refractivity (Wildman–Crippen MR) is 35.7 cm³/mol. The van der Waals surface area contributed by atoms with E-state index in [2.05, 4.69) is 0 Å². The topological polar surface area (TPSA) is 21.8 Å². The Labute approximate surface area is 60.5 Å². The molecule has 0 aromatic heterocycles. The first-order chi connectivity index (χ1) is 4.95. The van der Waals surface area contributed by atoms with Crippen molar-refractivity contribution in [2.24, 2.45) is 11.8 Å². The fraction of sp³-hybridized carbons (Fsp3) is 1.00. The Kier molecular flexibility index (Phi) is 0.968. The molecule has 1 aliphatic carbocycles. The highest BCUT2D eigenvalue weighted by molar-refractivity contribution is 5.00. The standard InChI is InChI=1S/C8H12O2/c1-2-9-7-3-6(7)5(1)8-4-10-8/h5-8H,1-4H2. The summed E-state index contributed by atoms with van der Waals surface area (Å²) in [5.41, 5.74) is 0. The number of fused-ring (bicyclic) bond motifs is 1. The van der Waals surface area contributed by atoms with Crippen LogP contribution in [0.5, 0.6) is 0 Å². The van der Waals surface area contributed by atoms with Crippen molar-refractivity contribution in [2.75, 3.05) is 13.2 Å². The van der Waals surface area contributed by atoms with E-state index in [4.69, 9.17) is 9.47 Å². The van der Waals surface area contributed by atoms with E-state index in [-0.39, 0.29) is 0 Å². The fourth-order valence-corrected chi connectivity index (χ4v) is 2.17. The van der Waals surface area contributed by atoms with Crippen LogP contribution in [-0.4, -0.2) is 25.4 Å². The molecule has 0 N–H and O–H groups in total. The SMILES string of the molecule is C1CC(C2CO2)C2CC2O1. The predicted octanol–water partition coefficient (Wildman–Crippen LogP) is 0.810. The van der Waals surface area contributed by atoms with Gasteiger partial charge >= 0.3 is 0 Å². The third-order valence-corrected chi connectivity index (χ3v) is 2.95. The maximum atomic E-state index is 5.50. The van der Waals surface area contributed by atoms with Gasteiger partial charge in [-0.1, -0.05) is 0 Å². The summed E-state index contributed by atoms with van der Waals surface area (Å²) in [6.45, 7) is 2.00. The minimum atomic E-state index is 0.624. The van der Waals surface area contributed by atoms with Gasteiger partial charge in [0.1, 0.15) is 0 Å². The van der Waals surface area contributed by atoms with E-state index in [1.165, 1.54) is 12.8 Å². The third-order valence-electron chi connectivity index (χ3n) is 2.95. The van der Waals surface area contributed by atoms with E-state index in [1.54, 1.807) is 0 Å². The molecule has 3 fully saturated rings. The quantitative estimate of drug-likeness (QED) is 0.503. The van der Waals surface area contributed by atoms with Crippen molar-refractivity contribution in [2.45, 2.75) is 25.0 Å². The van der Waals surface area contributed by atoms with Gasteiger partial charge in [0.05, 0.1) is 18.8 Å². The van der Waals surface area contributed by atoms with Crippen LogP contribution in [0.25, 0.3) is 0 Å². The van der Waals surface area contributed by atoms with Gasteiger partial charge in [-0.2, -0.15) is 0 Å². The van der Waals surface area contributed by atoms with E-state index in [1.807, 2.05) is 0 Å². The average Bonchev–Trinajstić information content (AvgIpc) is 2.83. The lowest BCUT2D eigenvalue weighted by Crippen LogP contribution is -2.21. The van der Waals surface area contributed by atoms with Gasteiger partial charge in [-0.05, 0) is 24.7 Å². The average molecular weight is 140 g/mol. The highest BCUT2D eigenvalue weighted by atomic mass is 16.6. The molecule has 0 spiro atoms. The second-order valence-electron chi connectivity index (χ2n) is 3.63. The summed E-state index contributed by atoms with van der Waals surface area (Å²) in [6, 6.07) is 0. The summed E-state index contributed by atoms with van der Waals surface area (Å²) < 4.78 is 10.8. The van der Waals surface area contributed by atoms with Crippen LogP contribution in [0, 0.1) is 11.8 Å². The van der Waals surface area contributed by atoms with Crippen molar-refractivity contribution in [3.63, 3.8) is 0 Å². The Bertz CT molecular complexity index is 153. The second kappa shape index (κ2) is 1.74. The van der Waals surface area contributed by atoms with Crippen LogP contribution in [0.4, 0.5) is 0 Å². The molecule has 1 saturated carbocycles. The van der Waals surface area contributed by atoms with Crippen LogP contribution < -0.4 is 0 Å². The third kappa shape index (κ3) is 0.722. The molecule has 2 heteroatoms. The van der Waals surface area contributed by atoms with Crippen LogP contribution in [0.1, 0.15) is 12.8 Å². The van der Waals surface area contributed by atoms with Crippen LogP contribution in [0.2, 0.25) is 0 Å². The zero-order valence-electron chi connectivity index (χ0n) is 5.95. The summed E-state index contributed by atoms with van der Waals surface area (Å²) in [7, 11) is 0. The van der Waals surface area contributed by atoms with Crippen molar-refractivity contribution in [3.8, 4) is 0 Å². The second-order valence-corrected chi connectivity index (χ2v) is 3.63. The van der Waals surface area contributed by atoms with Crippen molar-refractivity contribution in [3.05, 3.63) is 0 Å². The molecule has 4 atom stereocenters. The minimum Gasteiger partial charge on any atom is -0.378 e. The summed E-state index contributed by atoms with van der Waals surface area (Å²) in [5, 5.41) is 0. The van der Waals surface area contributed by atoms with E-state index in [0.29, 0.717) is 12.2 Å². The molecule has 2 heterocycles. The first-order valence-corrected chi connectivity index (χ1v) is 4.18. The van der Waals surface area contributed by atoms with Crippen LogP contribution in [0.3, 0.4) is 0 Å². The molecule has 2 nitrogen and oxygen atoms in total. The van der Waals surface area contributed by atoms with E-state index < -0.39 is 0 Å². The lowest BCUT2D eigenvalue weighted by molar-refractivity contribution is 0.0455. The van der Waals surface area contributed by atoms with Gasteiger partial charge in [0.15, 0.2) is 0 Å². The van der Waals surface area contributed by atoms with E-state index in [9.17, 15) is 0 Å². The zero-order valence-corrected chi connectivity index (χ0v) is 5.95. The molecular formula is C8H12O2. The zero-order chi connectivity index (χ0) is 6.55. The molecule has 0 aromatic rings. The molecule has 4 unspecified atom stereocenters. The van der Waals surface area contributed by atoms with Gasteiger partial charge in [0, 0.05) is 6.61 Å². The van der Waals surface area contributed by atoms with Gasteiger partial charge in [0.2, 0.25) is 0 Å². The lowest BCUT2D eigenvalue weighted by atomic mass is 9.95. The molecule has 2 saturated heterocycles. The monoisotopic (exact) mass is 140 g/mol. The van der Waals surface area contributed by atoms with Gasteiger partial charge in [-0.3, -0.25) is 0 Å². The van der Waals surface area contributed by atoms with Gasteiger partial charge < -0.3 is 9.47 Å². The largest absolute Gasteiger partial charge is 0.378 e. The molecule has 3 aliphatic rings. The highest BCUT2D eigenvalue weighted by Crippen LogP contribution is 2.49. The Hall–Kier alpha value is -0.0800. The molecule has 0 amide bonds. The van der Waals surface area contributed by atoms with Crippen molar-refractivity contribution >= 4 is 0 Å². The Morgan fingerprint density at radius 1 is 1.00 bits per heavy atom. The molecular weight excluding hydrogens is 128 g/mol.